The van der Waals surface area contributed by atoms with Gasteiger partial charge in [-0.3, -0.25) is 9.59 Å². The van der Waals surface area contributed by atoms with Gasteiger partial charge in [0.15, 0.2) is 0 Å². The van der Waals surface area contributed by atoms with Gasteiger partial charge in [-0.05, 0) is 43.2 Å². The zero-order valence-corrected chi connectivity index (χ0v) is 17.3. The maximum atomic E-state index is 13.3. The van der Waals surface area contributed by atoms with Crippen molar-refractivity contribution in [3.63, 3.8) is 0 Å². The molecule has 4 nitrogen and oxygen atoms in total. The number of hydrogen-bond acceptors (Lipinski definition) is 3. The van der Waals surface area contributed by atoms with E-state index in [0.717, 1.165) is 19.3 Å². The highest BCUT2D eigenvalue weighted by Gasteiger charge is 2.44. The Balaban J connectivity index is 1.77. The van der Waals surface area contributed by atoms with Crippen molar-refractivity contribution in [1.29, 1.82) is 0 Å². The molecule has 1 aliphatic carbocycles. The molecule has 2 fully saturated rings. The van der Waals surface area contributed by atoms with Crippen molar-refractivity contribution in [2.45, 2.75) is 63.8 Å². The summed E-state index contributed by atoms with van der Waals surface area (Å²) in [5.74, 6) is 1.77. The van der Waals surface area contributed by atoms with Crippen molar-refractivity contribution < 1.29 is 9.59 Å². The molecular formula is C22H32N2O2S. The largest absolute Gasteiger partial charge is 0.354 e. The lowest BCUT2D eigenvalue weighted by Crippen LogP contribution is -2.51. The fourth-order valence-electron chi connectivity index (χ4n) is 4.10. The van der Waals surface area contributed by atoms with Crippen molar-refractivity contribution in [1.82, 2.24) is 10.2 Å². The third-order valence-electron chi connectivity index (χ3n) is 5.67. The summed E-state index contributed by atoms with van der Waals surface area (Å²) in [5, 5.41) is 3.19. The molecule has 0 spiro atoms. The molecular weight excluding hydrogens is 356 g/mol. The minimum absolute atomic E-state index is 0.000169. The summed E-state index contributed by atoms with van der Waals surface area (Å²) in [5.41, 5.74) is 0.681. The van der Waals surface area contributed by atoms with Crippen LogP contribution in [0.3, 0.4) is 0 Å². The van der Waals surface area contributed by atoms with Gasteiger partial charge in [-0.2, -0.15) is 0 Å². The van der Waals surface area contributed by atoms with Crippen LogP contribution >= 0.6 is 11.8 Å². The van der Waals surface area contributed by atoms with Gasteiger partial charge in [-0.15, -0.1) is 11.8 Å². The van der Waals surface area contributed by atoms with E-state index in [1.54, 1.807) is 11.8 Å². The lowest BCUT2D eigenvalue weighted by molar-refractivity contribution is -0.125. The van der Waals surface area contributed by atoms with Crippen LogP contribution in [0.2, 0.25) is 0 Å². The Morgan fingerprint density at radius 1 is 1.15 bits per heavy atom. The number of carbonyl (C=O) groups is 2. The summed E-state index contributed by atoms with van der Waals surface area (Å²) >= 11 is 1.80. The maximum absolute atomic E-state index is 13.3. The summed E-state index contributed by atoms with van der Waals surface area (Å²) in [7, 11) is 0. The quantitative estimate of drug-likeness (QED) is 0.790. The Labute approximate surface area is 167 Å². The first-order valence-corrected chi connectivity index (χ1v) is 11.4. The van der Waals surface area contributed by atoms with E-state index < -0.39 is 0 Å². The fraction of sp³-hybridized carbons (Fsp3) is 0.636. The van der Waals surface area contributed by atoms with Crippen LogP contribution in [-0.4, -0.2) is 40.4 Å². The molecule has 0 unspecified atom stereocenters. The number of thioether (sulfide) groups is 1. The first kappa shape index (κ1) is 20.2. The van der Waals surface area contributed by atoms with Gasteiger partial charge in [0.2, 0.25) is 5.91 Å². The van der Waals surface area contributed by atoms with Crippen LogP contribution < -0.4 is 5.32 Å². The summed E-state index contributed by atoms with van der Waals surface area (Å²) in [4.78, 5) is 28.1. The Kier molecular flexibility index (Phi) is 7.22. The Bertz CT molecular complexity index is 628. The molecule has 3 rings (SSSR count). The highest BCUT2D eigenvalue weighted by molar-refractivity contribution is 8.00. The second-order valence-corrected chi connectivity index (χ2v) is 9.34. The van der Waals surface area contributed by atoms with Crippen LogP contribution in [0.25, 0.3) is 0 Å². The van der Waals surface area contributed by atoms with Crippen LogP contribution in [0.4, 0.5) is 0 Å². The Morgan fingerprint density at radius 3 is 2.52 bits per heavy atom. The molecule has 2 amide bonds. The molecule has 1 N–H and O–H groups in total. The summed E-state index contributed by atoms with van der Waals surface area (Å²) in [6.45, 7) is 4.99. The number of nitrogens with one attached hydrogen (secondary N) is 1. The molecule has 0 aromatic heterocycles. The minimum atomic E-state index is -0.359. The van der Waals surface area contributed by atoms with Gasteiger partial charge >= 0.3 is 0 Å². The average molecular weight is 389 g/mol. The number of hydrogen-bond donors (Lipinski definition) is 1. The van der Waals surface area contributed by atoms with Crippen molar-refractivity contribution in [2.24, 2.45) is 11.8 Å². The van der Waals surface area contributed by atoms with Gasteiger partial charge < -0.3 is 10.2 Å². The predicted molar refractivity (Wildman–Crippen MR) is 112 cm³/mol. The zero-order chi connectivity index (χ0) is 19.2. The number of rotatable bonds is 6. The molecule has 0 bridgehead atoms. The van der Waals surface area contributed by atoms with Crippen molar-refractivity contribution in [2.75, 3.05) is 12.3 Å². The molecule has 1 aromatic carbocycles. The maximum Gasteiger partial charge on any atom is 0.255 e. The molecule has 27 heavy (non-hydrogen) atoms. The smallest absolute Gasteiger partial charge is 0.255 e. The van der Waals surface area contributed by atoms with E-state index in [-0.39, 0.29) is 23.2 Å². The summed E-state index contributed by atoms with van der Waals surface area (Å²) < 4.78 is 0. The van der Waals surface area contributed by atoms with E-state index in [1.807, 2.05) is 35.2 Å². The highest BCUT2D eigenvalue weighted by Crippen LogP contribution is 2.41. The van der Waals surface area contributed by atoms with E-state index in [2.05, 4.69) is 19.2 Å². The van der Waals surface area contributed by atoms with Crippen molar-refractivity contribution >= 4 is 23.6 Å². The van der Waals surface area contributed by atoms with Gasteiger partial charge in [0.25, 0.3) is 5.91 Å². The molecule has 1 saturated carbocycles. The van der Waals surface area contributed by atoms with Gasteiger partial charge in [0.05, 0.1) is 5.37 Å². The predicted octanol–water partition coefficient (Wildman–Crippen LogP) is 4.31. The Hall–Kier alpha value is -1.49. The van der Waals surface area contributed by atoms with Gasteiger partial charge in [0, 0.05) is 17.9 Å². The van der Waals surface area contributed by atoms with Crippen LogP contribution in [0.5, 0.6) is 0 Å². The molecule has 5 heteroatoms. The fourth-order valence-corrected chi connectivity index (χ4v) is 5.74. The number of carbonyl (C=O) groups excluding carboxylic acids is 2. The molecule has 1 saturated heterocycles. The topological polar surface area (TPSA) is 49.4 Å². The van der Waals surface area contributed by atoms with Crippen molar-refractivity contribution in [3.05, 3.63) is 35.9 Å². The zero-order valence-electron chi connectivity index (χ0n) is 16.5. The van der Waals surface area contributed by atoms with E-state index in [9.17, 15) is 9.59 Å². The van der Waals surface area contributed by atoms with Crippen LogP contribution in [-0.2, 0) is 4.79 Å². The lowest BCUT2D eigenvalue weighted by atomic mass is 9.88. The monoisotopic (exact) mass is 388 g/mol. The van der Waals surface area contributed by atoms with Crippen LogP contribution in [0.1, 0.15) is 62.7 Å². The SMILES string of the molecule is CC(C)CCNC(=O)[C@@H]1CS[C@H](C2CCCCC2)N1C(=O)c1ccccc1. The van der Waals surface area contributed by atoms with E-state index in [4.69, 9.17) is 0 Å². The Morgan fingerprint density at radius 2 is 1.85 bits per heavy atom. The number of amides is 2. The standard InChI is InChI=1S/C22H32N2O2S/c1-16(2)13-14-23-20(25)19-15-27-22(18-11-7-4-8-12-18)24(19)21(26)17-9-5-3-6-10-17/h3,5-6,9-10,16,18-19,22H,4,7-8,11-15H2,1-2H3,(H,23,25)/t19-,22+/m0/s1. The third kappa shape index (κ3) is 5.07. The van der Waals surface area contributed by atoms with E-state index in [0.29, 0.717) is 29.7 Å². The molecule has 1 aliphatic heterocycles. The van der Waals surface area contributed by atoms with E-state index >= 15 is 0 Å². The van der Waals surface area contributed by atoms with Crippen LogP contribution in [0, 0.1) is 11.8 Å². The first-order valence-electron chi connectivity index (χ1n) is 10.3. The molecule has 2 atom stereocenters. The summed E-state index contributed by atoms with van der Waals surface area (Å²) in [6, 6.07) is 9.06. The molecule has 1 aromatic rings. The average Bonchev–Trinajstić information content (AvgIpc) is 3.13. The van der Waals surface area contributed by atoms with E-state index in [1.165, 1.54) is 19.3 Å². The highest BCUT2D eigenvalue weighted by atomic mass is 32.2. The second kappa shape index (κ2) is 9.63. The van der Waals surface area contributed by atoms with Gasteiger partial charge in [-0.1, -0.05) is 51.3 Å². The number of nitrogens with zero attached hydrogens (tertiary/aromatic N) is 1. The normalized spacial score (nSPS) is 23.6. The van der Waals surface area contributed by atoms with Gasteiger partial charge in [0.1, 0.15) is 6.04 Å². The molecule has 148 valence electrons. The van der Waals surface area contributed by atoms with Crippen molar-refractivity contribution in [3.8, 4) is 0 Å². The third-order valence-corrected chi connectivity index (χ3v) is 7.13. The lowest BCUT2D eigenvalue weighted by Gasteiger charge is -2.35. The van der Waals surface area contributed by atoms with Gasteiger partial charge in [-0.25, -0.2) is 0 Å². The first-order chi connectivity index (χ1) is 13.1. The second-order valence-electron chi connectivity index (χ2n) is 8.19. The molecule has 0 radical (unpaired) electrons. The summed E-state index contributed by atoms with van der Waals surface area (Å²) in [6.07, 6.45) is 7.06. The van der Waals surface area contributed by atoms with Crippen LogP contribution in [0.15, 0.2) is 30.3 Å². The number of benzene rings is 1. The molecule has 2 aliphatic rings. The molecule has 1 heterocycles. The minimum Gasteiger partial charge on any atom is -0.354 e.